The summed E-state index contributed by atoms with van der Waals surface area (Å²) in [6.07, 6.45) is 0.609. The molecule has 1 N–H and O–H groups in total. The number of aromatic nitrogens is 1. The lowest BCUT2D eigenvalue weighted by molar-refractivity contribution is 0.0602. The number of rotatable bonds is 1. The van der Waals surface area contributed by atoms with Gasteiger partial charge in [-0.25, -0.2) is 4.39 Å². The van der Waals surface area contributed by atoms with E-state index >= 15 is 0 Å². The molecule has 0 saturated carbocycles. The van der Waals surface area contributed by atoms with Crippen molar-refractivity contribution in [1.82, 2.24) is 9.88 Å². The van der Waals surface area contributed by atoms with Crippen LogP contribution in [0.3, 0.4) is 0 Å². The van der Waals surface area contributed by atoms with Crippen LogP contribution in [-0.2, 0) is 6.42 Å². The van der Waals surface area contributed by atoms with Crippen molar-refractivity contribution in [3.63, 3.8) is 0 Å². The van der Waals surface area contributed by atoms with E-state index in [4.69, 9.17) is 0 Å². The lowest BCUT2D eigenvalue weighted by Crippen LogP contribution is -2.42. The van der Waals surface area contributed by atoms with Crippen LogP contribution >= 0.6 is 0 Å². The summed E-state index contributed by atoms with van der Waals surface area (Å²) in [6, 6.07) is 12.9. The van der Waals surface area contributed by atoms with E-state index in [0.717, 1.165) is 16.5 Å². The van der Waals surface area contributed by atoms with Crippen molar-refractivity contribution in [3.05, 3.63) is 71.2 Å². The maximum absolute atomic E-state index is 13.0. The molecule has 1 aromatic heterocycles. The predicted octanol–water partition coefficient (Wildman–Crippen LogP) is 3.15. The molecule has 4 nitrogen and oxygen atoms in total. The number of nitrogens with one attached hydrogen (secondary N) is 1. The number of benzene rings is 2. The molecule has 1 aliphatic rings. The van der Waals surface area contributed by atoms with Gasteiger partial charge >= 0.3 is 0 Å². The van der Waals surface area contributed by atoms with Gasteiger partial charge in [-0.3, -0.25) is 14.5 Å². The second kappa shape index (κ2) is 5.05. The number of para-hydroxylation sites is 1. The molecule has 1 aliphatic heterocycles. The van der Waals surface area contributed by atoms with E-state index in [2.05, 4.69) is 4.98 Å². The van der Waals surface area contributed by atoms with Gasteiger partial charge < -0.3 is 4.98 Å². The molecule has 0 atom stereocenters. The van der Waals surface area contributed by atoms with Crippen molar-refractivity contribution in [2.24, 2.45) is 0 Å². The Morgan fingerprint density at radius 3 is 2.61 bits per heavy atom. The average Bonchev–Trinajstić information content (AvgIpc) is 2.95. The molecular weight excluding hydrogens is 295 g/mol. The topological polar surface area (TPSA) is 53.2 Å². The molecule has 0 aliphatic carbocycles. The molecule has 0 saturated heterocycles. The number of aromatic amines is 1. The summed E-state index contributed by atoms with van der Waals surface area (Å²) in [4.78, 5) is 29.5. The fraction of sp³-hybridized carbons (Fsp3) is 0.111. The van der Waals surface area contributed by atoms with E-state index in [-0.39, 0.29) is 5.91 Å². The third kappa shape index (κ3) is 2.12. The number of imide groups is 1. The standard InChI is InChI=1S/C18H13FN2O2/c19-12-7-5-11(6-8-12)17(22)21-10-9-14-13-3-1-2-4-15(13)20-16(14)18(21)23/h1-8,20H,9-10H2. The van der Waals surface area contributed by atoms with Gasteiger partial charge in [-0.2, -0.15) is 0 Å². The quantitative estimate of drug-likeness (QED) is 0.702. The first-order valence-corrected chi connectivity index (χ1v) is 7.36. The third-order valence-electron chi connectivity index (χ3n) is 4.19. The first kappa shape index (κ1) is 13.7. The van der Waals surface area contributed by atoms with Crippen molar-refractivity contribution in [3.8, 4) is 0 Å². The summed E-state index contributed by atoms with van der Waals surface area (Å²) >= 11 is 0. The number of carbonyl (C=O) groups excluding carboxylic acids is 2. The summed E-state index contributed by atoms with van der Waals surface area (Å²) < 4.78 is 13.0. The summed E-state index contributed by atoms with van der Waals surface area (Å²) in [7, 11) is 0. The van der Waals surface area contributed by atoms with Crippen LogP contribution in [0.15, 0.2) is 48.5 Å². The van der Waals surface area contributed by atoms with Crippen LogP contribution < -0.4 is 0 Å². The molecule has 5 heteroatoms. The first-order valence-electron chi connectivity index (χ1n) is 7.36. The second-order valence-corrected chi connectivity index (χ2v) is 5.54. The van der Waals surface area contributed by atoms with Crippen LogP contribution in [0.4, 0.5) is 4.39 Å². The Balaban J connectivity index is 1.72. The zero-order valence-electron chi connectivity index (χ0n) is 12.2. The van der Waals surface area contributed by atoms with E-state index in [1.165, 1.54) is 29.2 Å². The van der Waals surface area contributed by atoms with Crippen LogP contribution in [0.2, 0.25) is 0 Å². The molecule has 4 rings (SSSR count). The Bertz CT molecular complexity index is 928. The number of amides is 2. The molecule has 0 spiro atoms. The number of hydrogen-bond acceptors (Lipinski definition) is 2. The lowest BCUT2D eigenvalue weighted by Gasteiger charge is -2.25. The minimum Gasteiger partial charge on any atom is -0.350 e. The SMILES string of the molecule is O=C(c1ccc(F)cc1)N1CCc2c([nH]c3ccccc23)C1=O. The van der Waals surface area contributed by atoms with Crippen LogP contribution in [0.1, 0.15) is 26.4 Å². The van der Waals surface area contributed by atoms with E-state index < -0.39 is 11.7 Å². The Hall–Kier alpha value is -2.95. The summed E-state index contributed by atoms with van der Waals surface area (Å²) in [6.45, 7) is 0.323. The first-order chi connectivity index (χ1) is 11.1. The third-order valence-corrected chi connectivity index (χ3v) is 4.19. The van der Waals surface area contributed by atoms with Gasteiger partial charge in [0.2, 0.25) is 0 Å². The molecule has 0 bridgehead atoms. The minimum atomic E-state index is -0.413. The molecule has 0 unspecified atom stereocenters. The van der Waals surface area contributed by atoms with Gasteiger partial charge in [0, 0.05) is 23.0 Å². The van der Waals surface area contributed by atoms with Gasteiger partial charge in [0.25, 0.3) is 11.8 Å². The van der Waals surface area contributed by atoms with Crippen LogP contribution in [-0.4, -0.2) is 28.2 Å². The van der Waals surface area contributed by atoms with Gasteiger partial charge in [-0.15, -0.1) is 0 Å². The zero-order chi connectivity index (χ0) is 16.0. The normalized spacial score (nSPS) is 14.1. The molecule has 23 heavy (non-hydrogen) atoms. The smallest absolute Gasteiger partial charge is 0.277 e. The van der Waals surface area contributed by atoms with Gasteiger partial charge in [0.1, 0.15) is 11.5 Å². The van der Waals surface area contributed by atoms with Gasteiger partial charge in [-0.05, 0) is 42.3 Å². The van der Waals surface area contributed by atoms with E-state index in [0.29, 0.717) is 24.2 Å². The number of fused-ring (bicyclic) bond motifs is 3. The number of nitrogens with zero attached hydrogens (tertiary/aromatic N) is 1. The highest BCUT2D eigenvalue weighted by Crippen LogP contribution is 2.28. The summed E-state index contributed by atoms with van der Waals surface area (Å²) in [5.74, 6) is -1.15. The molecule has 2 heterocycles. The predicted molar refractivity (Wildman–Crippen MR) is 83.8 cm³/mol. The highest BCUT2D eigenvalue weighted by molar-refractivity contribution is 6.12. The van der Waals surface area contributed by atoms with E-state index in [1.807, 2.05) is 24.3 Å². The zero-order valence-corrected chi connectivity index (χ0v) is 12.2. The number of hydrogen-bond donors (Lipinski definition) is 1. The molecule has 2 amide bonds. The maximum Gasteiger partial charge on any atom is 0.277 e. The Labute approximate surface area is 131 Å². The highest BCUT2D eigenvalue weighted by Gasteiger charge is 2.32. The molecule has 114 valence electrons. The van der Waals surface area contributed by atoms with Crippen molar-refractivity contribution in [2.45, 2.75) is 6.42 Å². The van der Waals surface area contributed by atoms with Gasteiger partial charge in [0.05, 0.1) is 0 Å². The Morgan fingerprint density at radius 1 is 1.09 bits per heavy atom. The molecule has 0 radical (unpaired) electrons. The van der Waals surface area contributed by atoms with Gasteiger partial charge in [0.15, 0.2) is 0 Å². The Kier molecular flexibility index (Phi) is 3.01. The van der Waals surface area contributed by atoms with Crippen molar-refractivity contribution < 1.29 is 14.0 Å². The van der Waals surface area contributed by atoms with E-state index in [1.54, 1.807) is 0 Å². The second-order valence-electron chi connectivity index (χ2n) is 5.54. The number of carbonyl (C=O) groups is 2. The molecular formula is C18H13FN2O2. The van der Waals surface area contributed by atoms with Crippen LogP contribution in [0, 0.1) is 5.82 Å². The van der Waals surface area contributed by atoms with Crippen LogP contribution in [0.5, 0.6) is 0 Å². The van der Waals surface area contributed by atoms with Crippen molar-refractivity contribution in [2.75, 3.05) is 6.54 Å². The van der Waals surface area contributed by atoms with Crippen molar-refractivity contribution in [1.29, 1.82) is 0 Å². The fourth-order valence-electron chi connectivity index (χ4n) is 3.04. The number of H-pyrrole nitrogens is 1. The maximum atomic E-state index is 13.0. The number of halogens is 1. The monoisotopic (exact) mass is 308 g/mol. The van der Waals surface area contributed by atoms with E-state index in [9.17, 15) is 14.0 Å². The molecule has 3 aromatic rings. The lowest BCUT2D eigenvalue weighted by atomic mass is 10.0. The minimum absolute atomic E-state index is 0.305. The average molecular weight is 308 g/mol. The summed E-state index contributed by atoms with van der Waals surface area (Å²) in [5, 5.41) is 1.02. The Morgan fingerprint density at radius 2 is 1.83 bits per heavy atom. The van der Waals surface area contributed by atoms with Crippen molar-refractivity contribution >= 4 is 22.7 Å². The molecule has 0 fully saturated rings. The van der Waals surface area contributed by atoms with Gasteiger partial charge in [-0.1, -0.05) is 18.2 Å². The summed E-state index contributed by atoms with van der Waals surface area (Å²) in [5.41, 5.74) is 2.61. The highest BCUT2D eigenvalue weighted by atomic mass is 19.1. The van der Waals surface area contributed by atoms with Crippen LogP contribution in [0.25, 0.3) is 10.9 Å². The molecule has 2 aromatic carbocycles. The fourth-order valence-corrected chi connectivity index (χ4v) is 3.04. The largest absolute Gasteiger partial charge is 0.350 e.